The van der Waals surface area contributed by atoms with Crippen molar-refractivity contribution in [3.8, 4) is 0 Å². The molecule has 0 radical (unpaired) electrons. The van der Waals surface area contributed by atoms with Crippen LogP contribution in [0.4, 0.5) is 0 Å². The molecule has 1 saturated heterocycles. The van der Waals surface area contributed by atoms with Crippen molar-refractivity contribution in [1.82, 2.24) is 10.2 Å². The fourth-order valence-corrected chi connectivity index (χ4v) is 3.31. The number of carbonyl (C=O) groups is 2. The van der Waals surface area contributed by atoms with E-state index in [1.165, 1.54) is 0 Å². The van der Waals surface area contributed by atoms with E-state index in [1.807, 2.05) is 25.1 Å². The minimum Gasteiger partial charge on any atom is -0.343 e. The predicted molar refractivity (Wildman–Crippen MR) is 80.7 cm³/mol. The highest BCUT2D eigenvalue weighted by molar-refractivity contribution is 6.30. The summed E-state index contributed by atoms with van der Waals surface area (Å²) in [7, 11) is 0. The molecule has 0 aromatic heterocycles. The molecule has 5 heteroatoms. The van der Waals surface area contributed by atoms with E-state index in [-0.39, 0.29) is 17.7 Å². The SMILES string of the molecule is CC1NC(=O)C(C)(C2CC2)N(Cc2cccc(Cl)c2)C1=O. The van der Waals surface area contributed by atoms with Gasteiger partial charge in [0.15, 0.2) is 0 Å². The summed E-state index contributed by atoms with van der Waals surface area (Å²) in [5, 5.41) is 3.45. The van der Waals surface area contributed by atoms with Crippen molar-refractivity contribution in [2.24, 2.45) is 5.92 Å². The van der Waals surface area contributed by atoms with E-state index in [2.05, 4.69) is 5.32 Å². The Morgan fingerprint density at radius 1 is 1.38 bits per heavy atom. The molecular formula is C16H19ClN2O2. The molecule has 2 unspecified atom stereocenters. The summed E-state index contributed by atoms with van der Waals surface area (Å²) < 4.78 is 0. The Hall–Kier alpha value is -1.55. The molecule has 1 aliphatic heterocycles. The summed E-state index contributed by atoms with van der Waals surface area (Å²) >= 11 is 6.02. The number of hydrogen-bond acceptors (Lipinski definition) is 2. The van der Waals surface area contributed by atoms with E-state index in [0.29, 0.717) is 11.6 Å². The van der Waals surface area contributed by atoms with Gasteiger partial charge in [-0.05, 0) is 50.3 Å². The largest absolute Gasteiger partial charge is 0.343 e. The summed E-state index contributed by atoms with van der Waals surface area (Å²) in [6.07, 6.45) is 2.00. The highest BCUT2D eigenvalue weighted by Crippen LogP contribution is 2.45. The van der Waals surface area contributed by atoms with Crippen LogP contribution in [-0.4, -0.2) is 28.3 Å². The lowest BCUT2D eigenvalue weighted by Gasteiger charge is -2.46. The summed E-state index contributed by atoms with van der Waals surface area (Å²) in [5.41, 5.74) is 0.205. The normalized spacial score (nSPS) is 29.5. The maximum Gasteiger partial charge on any atom is 0.246 e. The van der Waals surface area contributed by atoms with Crippen LogP contribution in [0.2, 0.25) is 5.02 Å². The summed E-state index contributed by atoms with van der Waals surface area (Å²) in [4.78, 5) is 26.8. The first-order valence-electron chi connectivity index (χ1n) is 7.30. The minimum absolute atomic E-state index is 0.0241. The number of rotatable bonds is 3. The van der Waals surface area contributed by atoms with Crippen molar-refractivity contribution in [2.45, 2.75) is 44.8 Å². The number of hydrogen-bond donors (Lipinski definition) is 1. The van der Waals surface area contributed by atoms with Crippen LogP contribution in [0.1, 0.15) is 32.3 Å². The van der Waals surface area contributed by atoms with Crippen LogP contribution in [0.3, 0.4) is 0 Å². The van der Waals surface area contributed by atoms with Crippen LogP contribution in [0.15, 0.2) is 24.3 Å². The number of amides is 2. The summed E-state index contributed by atoms with van der Waals surface area (Å²) in [6.45, 7) is 4.04. The van der Waals surface area contributed by atoms with E-state index in [0.717, 1.165) is 18.4 Å². The van der Waals surface area contributed by atoms with Gasteiger partial charge in [0.2, 0.25) is 11.8 Å². The van der Waals surface area contributed by atoms with Gasteiger partial charge in [-0.3, -0.25) is 9.59 Å². The maximum absolute atomic E-state index is 12.6. The number of nitrogens with one attached hydrogen (secondary N) is 1. The first-order valence-corrected chi connectivity index (χ1v) is 7.67. The fraction of sp³-hybridized carbons (Fsp3) is 0.500. The van der Waals surface area contributed by atoms with Crippen LogP contribution in [-0.2, 0) is 16.1 Å². The van der Waals surface area contributed by atoms with Crippen molar-refractivity contribution in [2.75, 3.05) is 0 Å². The molecule has 21 heavy (non-hydrogen) atoms. The molecule has 0 bridgehead atoms. The van der Waals surface area contributed by atoms with Crippen molar-refractivity contribution in [1.29, 1.82) is 0 Å². The van der Waals surface area contributed by atoms with Crippen LogP contribution in [0.25, 0.3) is 0 Å². The zero-order chi connectivity index (χ0) is 15.2. The Kier molecular flexibility index (Phi) is 3.44. The quantitative estimate of drug-likeness (QED) is 0.932. The second kappa shape index (κ2) is 5.02. The van der Waals surface area contributed by atoms with Gasteiger partial charge >= 0.3 is 0 Å². The molecule has 1 aliphatic carbocycles. The zero-order valence-electron chi connectivity index (χ0n) is 12.2. The van der Waals surface area contributed by atoms with E-state index in [9.17, 15) is 9.59 Å². The Bertz CT molecular complexity index is 600. The first-order chi connectivity index (χ1) is 9.92. The van der Waals surface area contributed by atoms with Gasteiger partial charge in [0.05, 0.1) is 0 Å². The molecule has 1 saturated carbocycles. The van der Waals surface area contributed by atoms with E-state index in [1.54, 1.807) is 17.9 Å². The molecular weight excluding hydrogens is 288 g/mol. The van der Waals surface area contributed by atoms with Crippen LogP contribution >= 0.6 is 11.6 Å². The summed E-state index contributed by atoms with van der Waals surface area (Å²) in [5.74, 6) is 0.191. The number of nitrogens with zero attached hydrogens (tertiary/aromatic N) is 1. The van der Waals surface area contributed by atoms with Crippen molar-refractivity contribution in [3.63, 3.8) is 0 Å². The fourth-order valence-electron chi connectivity index (χ4n) is 3.10. The number of carbonyl (C=O) groups excluding carboxylic acids is 2. The second-order valence-corrected chi connectivity index (χ2v) is 6.61. The average Bonchev–Trinajstić information content (AvgIpc) is 3.26. The minimum atomic E-state index is -0.744. The molecule has 2 amide bonds. The van der Waals surface area contributed by atoms with Crippen molar-refractivity contribution < 1.29 is 9.59 Å². The number of benzene rings is 1. The molecule has 2 fully saturated rings. The van der Waals surface area contributed by atoms with Gasteiger partial charge in [-0.15, -0.1) is 0 Å². The molecule has 4 nitrogen and oxygen atoms in total. The van der Waals surface area contributed by atoms with Crippen molar-refractivity contribution in [3.05, 3.63) is 34.9 Å². The molecule has 3 rings (SSSR count). The van der Waals surface area contributed by atoms with Gasteiger partial charge < -0.3 is 10.2 Å². The maximum atomic E-state index is 12.6. The van der Waals surface area contributed by atoms with Gasteiger partial charge in [0, 0.05) is 11.6 Å². The van der Waals surface area contributed by atoms with E-state index >= 15 is 0 Å². The zero-order valence-corrected chi connectivity index (χ0v) is 13.0. The lowest BCUT2D eigenvalue weighted by Crippen LogP contribution is -2.69. The average molecular weight is 307 g/mol. The molecule has 0 spiro atoms. The Morgan fingerprint density at radius 2 is 2.10 bits per heavy atom. The predicted octanol–water partition coefficient (Wildman–Crippen LogP) is 2.36. The molecule has 1 heterocycles. The highest BCUT2D eigenvalue weighted by Gasteiger charge is 2.56. The Morgan fingerprint density at radius 3 is 2.71 bits per heavy atom. The van der Waals surface area contributed by atoms with Gasteiger partial charge in [0.25, 0.3) is 0 Å². The lowest BCUT2D eigenvalue weighted by atomic mass is 9.88. The molecule has 112 valence electrons. The van der Waals surface area contributed by atoms with Crippen molar-refractivity contribution >= 4 is 23.4 Å². The van der Waals surface area contributed by atoms with E-state index < -0.39 is 11.6 Å². The van der Waals surface area contributed by atoms with Gasteiger partial charge in [0.1, 0.15) is 11.6 Å². The molecule has 2 atom stereocenters. The van der Waals surface area contributed by atoms with Crippen LogP contribution < -0.4 is 5.32 Å². The monoisotopic (exact) mass is 306 g/mol. The molecule has 1 aromatic carbocycles. The van der Waals surface area contributed by atoms with Crippen LogP contribution in [0.5, 0.6) is 0 Å². The Balaban J connectivity index is 1.94. The Labute approximate surface area is 129 Å². The lowest BCUT2D eigenvalue weighted by molar-refractivity contribution is -0.158. The first kappa shape index (κ1) is 14.4. The summed E-state index contributed by atoms with van der Waals surface area (Å²) in [6, 6.07) is 6.98. The smallest absolute Gasteiger partial charge is 0.246 e. The highest BCUT2D eigenvalue weighted by atomic mass is 35.5. The van der Waals surface area contributed by atoms with Gasteiger partial charge in [-0.1, -0.05) is 23.7 Å². The van der Waals surface area contributed by atoms with Gasteiger partial charge in [-0.25, -0.2) is 0 Å². The topological polar surface area (TPSA) is 49.4 Å². The number of piperazine rings is 1. The standard InChI is InChI=1S/C16H19ClN2O2/c1-10-14(20)19(9-11-4-3-5-13(17)8-11)16(2,12-6-7-12)15(21)18-10/h3-5,8,10,12H,6-7,9H2,1-2H3,(H,18,21). The molecule has 1 aromatic rings. The van der Waals surface area contributed by atoms with Crippen LogP contribution in [0, 0.1) is 5.92 Å². The third-order valence-corrected chi connectivity index (χ3v) is 4.84. The van der Waals surface area contributed by atoms with E-state index in [4.69, 9.17) is 11.6 Å². The number of halogens is 1. The second-order valence-electron chi connectivity index (χ2n) is 6.17. The molecule has 1 N–H and O–H groups in total. The van der Waals surface area contributed by atoms with Gasteiger partial charge in [-0.2, -0.15) is 0 Å². The third kappa shape index (κ3) is 2.42. The molecule has 2 aliphatic rings. The third-order valence-electron chi connectivity index (χ3n) is 4.61.